The van der Waals surface area contributed by atoms with Crippen LogP contribution in [0.3, 0.4) is 0 Å². The van der Waals surface area contributed by atoms with Gasteiger partial charge in [-0.05, 0) is 47.9 Å². The van der Waals surface area contributed by atoms with Crippen LogP contribution < -0.4 is 9.46 Å². The first-order valence-electron chi connectivity index (χ1n) is 8.99. The molecule has 0 amide bonds. The van der Waals surface area contributed by atoms with Crippen molar-refractivity contribution in [3.8, 4) is 16.9 Å². The third kappa shape index (κ3) is 5.22. The van der Waals surface area contributed by atoms with Crippen LogP contribution in [0.25, 0.3) is 11.1 Å². The second-order valence-corrected chi connectivity index (χ2v) is 8.19. The summed E-state index contributed by atoms with van der Waals surface area (Å²) in [5, 5.41) is 9.15. The predicted molar refractivity (Wildman–Crippen MR) is 111 cm³/mol. The Morgan fingerprint density at radius 2 is 1.62 bits per heavy atom. The number of ether oxygens (including phenoxy) is 1. The molecule has 0 radical (unpaired) electrons. The average molecular weight is 411 g/mol. The minimum absolute atomic E-state index is 0.0392. The lowest BCUT2D eigenvalue weighted by Gasteiger charge is -2.10. The second kappa shape index (κ2) is 8.89. The minimum Gasteiger partial charge on any atom is -0.492 e. The standard InChI is InChI=1S/C22H21NO5S/c1-16-7-12-20(15-21(16)22(24)25)29(26,27)23-13-14-28-19-10-8-18(9-11-19)17-5-3-2-4-6-17/h2-12,15,23H,13-14H2,1H3,(H,24,25). The number of sulfonamides is 1. The number of aryl methyl sites for hydroxylation is 1. The Morgan fingerprint density at radius 1 is 0.966 bits per heavy atom. The summed E-state index contributed by atoms with van der Waals surface area (Å²) in [7, 11) is -3.82. The summed E-state index contributed by atoms with van der Waals surface area (Å²) in [6, 6.07) is 21.5. The topological polar surface area (TPSA) is 92.7 Å². The molecule has 6 nitrogen and oxygen atoms in total. The Bertz CT molecular complexity index is 1090. The molecule has 29 heavy (non-hydrogen) atoms. The van der Waals surface area contributed by atoms with Crippen molar-refractivity contribution >= 4 is 16.0 Å². The summed E-state index contributed by atoms with van der Waals surface area (Å²) >= 11 is 0. The van der Waals surface area contributed by atoms with E-state index in [-0.39, 0.29) is 23.6 Å². The van der Waals surface area contributed by atoms with E-state index in [1.54, 1.807) is 6.92 Å². The highest BCUT2D eigenvalue weighted by atomic mass is 32.2. The van der Waals surface area contributed by atoms with Gasteiger partial charge in [0.15, 0.2) is 0 Å². The molecule has 0 aromatic heterocycles. The van der Waals surface area contributed by atoms with Gasteiger partial charge in [-0.15, -0.1) is 0 Å². The summed E-state index contributed by atoms with van der Waals surface area (Å²) in [4.78, 5) is 11.1. The summed E-state index contributed by atoms with van der Waals surface area (Å²) in [5.74, 6) is -0.533. The van der Waals surface area contributed by atoms with Gasteiger partial charge in [0.1, 0.15) is 12.4 Å². The number of hydrogen-bond acceptors (Lipinski definition) is 4. The number of benzene rings is 3. The smallest absolute Gasteiger partial charge is 0.335 e. The van der Waals surface area contributed by atoms with E-state index in [0.717, 1.165) is 17.2 Å². The van der Waals surface area contributed by atoms with E-state index in [4.69, 9.17) is 9.84 Å². The molecule has 0 atom stereocenters. The van der Waals surface area contributed by atoms with Gasteiger partial charge in [-0.1, -0.05) is 48.5 Å². The Labute approximate surface area is 169 Å². The maximum atomic E-state index is 12.4. The van der Waals surface area contributed by atoms with E-state index in [0.29, 0.717) is 11.3 Å². The van der Waals surface area contributed by atoms with E-state index in [9.17, 15) is 13.2 Å². The van der Waals surface area contributed by atoms with Gasteiger partial charge in [0.25, 0.3) is 0 Å². The predicted octanol–water partition coefficient (Wildman–Crippen LogP) is 3.72. The van der Waals surface area contributed by atoms with Crippen molar-refractivity contribution in [1.29, 1.82) is 0 Å². The lowest BCUT2D eigenvalue weighted by molar-refractivity contribution is 0.0696. The molecule has 2 N–H and O–H groups in total. The summed E-state index contributed by atoms with van der Waals surface area (Å²) < 4.78 is 32.8. The first-order valence-corrected chi connectivity index (χ1v) is 10.5. The number of carboxylic acid groups (broad SMARTS) is 1. The number of nitrogens with one attached hydrogen (secondary N) is 1. The van der Waals surface area contributed by atoms with Gasteiger partial charge in [-0.3, -0.25) is 0 Å². The van der Waals surface area contributed by atoms with Crippen molar-refractivity contribution in [3.63, 3.8) is 0 Å². The molecule has 150 valence electrons. The quantitative estimate of drug-likeness (QED) is 0.551. The Kier molecular flexibility index (Phi) is 6.31. The molecular formula is C22H21NO5S. The maximum Gasteiger partial charge on any atom is 0.335 e. The van der Waals surface area contributed by atoms with Crippen molar-refractivity contribution in [2.45, 2.75) is 11.8 Å². The van der Waals surface area contributed by atoms with Crippen LogP contribution in [0.4, 0.5) is 0 Å². The van der Waals surface area contributed by atoms with Crippen LogP contribution in [0.15, 0.2) is 77.7 Å². The maximum absolute atomic E-state index is 12.4. The molecule has 3 aromatic carbocycles. The molecular weight excluding hydrogens is 390 g/mol. The van der Waals surface area contributed by atoms with Crippen LogP contribution in [-0.4, -0.2) is 32.6 Å². The molecule has 0 saturated heterocycles. The van der Waals surface area contributed by atoms with Crippen molar-refractivity contribution < 1.29 is 23.1 Å². The summed E-state index contributed by atoms with van der Waals surface area (Å²) in [6.07, 6.45) is 0. The van der Waals surface area contributed by atoms with Crippen LogP contribution >= 0.6 is 0 Å². The van der Waals surface area contributed by atoms with Gasteiger partial charge < -0.3 is 9.84 Å². The zero-order valence-corrected chi connectivity index (χ0v) is 16.6. The molecule has 7 heteroatoms. The number of aromatic carboxylic acids is 1. The molecule has 0 aliphatic heterocycles. The van der Waals surface area contributed by atoms with E-state index in [1.807, 2.05) is 54.6 Å². The van der Waals surface area contributed by atoms with E-state index in [1.165, 1.54) is 12.1 Å². The zero-order chi connectivity index (χ0) is 20.9. The molecule has 0 saturated carbocycles. The van der Waals surface area contributed by atoms with E-state index in [2.05, 4.69) is 4.72 Å². The third-order valence-electron chi connectivity index (χ3n) is 4.37. The molecule has 3 aromatic rings. The number of carboxylic acids is 1. The zero-order valence-electron chi connectivity index (χ0n) is 15.8. The first-order chi connectivity index (χ1) is 13.9. The molecule has 0 aliphatic rings. The largest absolute Gasteiger partial charge is 0.492 e. The van der Waals surface area contributed by atoms with Crippen LogP contribution in [0, 0.1) is 6.92 Å². The molecule has 0 heterocycles. The Balaban J connectivity index is 1.56. The van der Waals surface area contributed by atoms with Gasteiger partial charge >= 0.3 is 5.97 Å². The highest BCUT2D eigenvalue weighted by Crippen LogP contribution is 2.22. The lowest BCUT2D eigenvalue weighted by atomic mass is 10.1. The van der Waals surface area contributed by atoms with Crippen LogP contribution in [0.1, 0.15) is 15.9 Å². The molecule has 0 bridgehead atoms. The summed E-state index contributed by atoms with van der Waals surface area (Å²) in [6.45, 7) is 1.81. The molecule has 0 spiro atoms. The highest BCUT2D eigenvalue weighted by molar-refractivity contribution is 7.89. The normalized spacial score (nSPS) is 11.2. The van der Waals surface area contributed by atoms with E-state index >= 15 is 0 Å². The number of carbonyl (C=O) groups is 1. The van der Waals surface area contributed by atoms with Crippen molar-refractivity contribution in [3.05, 3.63) is 83.9 Å². The monoisotopic (exact) mass is 411 g/mol. The van der Waals surface area contributed by atoms with Gasteiger partial charge in [0.2, 0.25) is 10.0 Å². The second-order valence-electron chi connectivity index (χ2n) is 6.42. The van der Waals surface area contributed by atoms with Gasteiger partial charge in [-0.25, -0.2) is 17.9 Å². The van der Waals surface area contributed by atoms with Crippen LogP contribution in [0.2, 0.25) is 0 Å². The van der Waals surface area contributed by atoms with Crippen molar-refractivity contribution in [1.82, 2.24) is 4.72 Å². The minimum atomic E-state index is -3.82. The SMILES string of the molecule is Cc1ccc(S(=O)(=O)NCCOc2ccc(-c3ccccc3)cc2)cc1C(=O)O. The van der Waals surface area contributed by atoms with Crippen LogP contribution in [-0.2, 0) is 10.0 Å². The van der Waals surface area contributed by atoms with Crippen molar-refractivity contribution in [2.75, 3.05) is 13.2 Å². The average Bonchev–Trinajstić information content (AvgIpc) is 2.72. The molecule has 0 unspecified atom stereocenters. The van der Waals surface area contributed by atoms with Gasteiger partial charge in [0.05, 0.1) is 10.5 Å². The van der Waals surface area contributed by atoms with E-state index < -0.39 is 16.0 Å². The summed E-state index contributed by atoms with van der Waals surface area (Å²) in [5.41, 5.74) is 2.62. The third-order valence-corrected chi connectivity index (χ3v) is 5.83. The van der Waals surface area contributed by atoms with Crippen LogP contribution in [0.5, 0.6) is 5.75 Å². The van der Waals surface area contributed by atoms with Gasteiger partial charge in [-0.2, -0.15) is 0 Å². The molecule has 3 rings (SSSR count). The molecule has 0 aliphatic carbocycles. The Morgan fingerprint density at radius 3 is 2.28 bits per heavy atom. The lowest BCUT2D eigenvalue weighted by Crippen LogP contribution is -2.28. The molecule has 0 fully saturated rings. The first kappa shape index (κ1) is 20.6. The highest BCUT2D eigenvalue weighted by Gasteiger charge is 2.17. The van der Waals surface area contributed by atoms with Gasteiger partial charge in [0, 0.05) is 6.54 Å². The fourth-order valence-corrected chi connectivity index (χ4v) is 3.84. The Hall–Kier alpha value is -3.16. The van der Waals surface area contributed by atoms with Crippen molar-refractivity contribution in [2.24, 2.45) is 0 Å². The number of rotatable bonds is 8. The fraction of sp³-hybridized carbons (Fsp3) is 0.136. The number of hydrogen-bond donors (Lipinski definition) is 2. The fourth-order valence-electron chi connectivity index (χ4n) is 2.80.